The summed E-state index contributed by atoms with van der Waals surface area (Å²) in [5, 5.41) is 8.90. The van der Waals surface area contributed by atoms with Gasteiger partial charge in [0.25, 0.3) is 0 Å². The van der Waals surface area contributed by atoms with Gasteiger partial charge in [0.2, 0.25) is 10.0 Å². The third-order valence-corrected chi connectivity index (χ3v) is 7.22. The number of piperazine rings is 1. The fourth-order valence-corrected chi connectivity index (χ4v) is 5.34. The van der Waals surface area contributed by atoms with E-state index in [9.17, 15) is 8.42 Å². The molecule has 0 atom stereocenters. The third-order valence-electron chi connectivity index (χ3n) is 4.82. The van der Waals surface area contributed by atoms with Crippen LogP contribution in [0.2, 0.25) is 5.02 Å². The predicted octanol–water partition coefficient (Wildman–Crippen LogP) is 2.13. The zero-order valence-electron chi connectivity index (χ0n) is 13.7. The Morgan fingerprint density at radius 1 is 1.00 bits per heavy atom. The highest BCUT2D eigenvalue weighted by atomic mass is 35.5. The molecule has 1 aliphatic heterocycles. The van der Waals surface area contributed by atoms with Crippen LogP contribution in [-0.4, -0.2) is 49.1 Å². The van der Waals surface area contributed by atoms with E-state index in [0.717, 1.165) is 30.8 Å². The summed E-state index contributed by atoms with van der Waals surface area (Å²) in [5.74, 6) is 0.843. The molecule has 6 nitrogen and oxygen atoms in total. The Bertz CT molecular complexity index is 895. The van der Waals surface area contributed by atoms with E-state index in [1.165, 1.54) is 9.87 Å². The maximum Gasteiger partial charge on any atom is 0.244 e. The van der Waals surface area contributed by atoms with Gasteiger partial charge in [0, 0.05) is 26.2 Å². The first-order chi connectivity index (χ1) is 12.1. The number of rotatable bonds is 3. The molecule has 1 saturated heterocycles. The van der Waals surface area contributed by atoms with Crippen molar-refractivity contribution < 1.29 is 8.42 Å². The average molecular weight is 379 g/mol. The van der Waals surface area contributed by atoms with Gasteiger partial charge in [0.05, 0.1) is 10.7 Å². The number of benzene rings is 1. The van der Waals surface area contributed by atoms with Crippen LogP contribution in [0.3, 0.4) is 0 Å². The lowest BCUT2D eigenvalue weighted by molar-refractivity contribution is 0.383. The van der Waals surface area contributed by atoms with Crippen LogP contribution < -0.4 is 4.90 Å². The van der Waals surface area contributed by atoms with Crippen molar-refractivity contribution in [1.82, 2.24) is 14.5 Å². The molecule has 4 rings (SSSR count). The molecule has 132 valence electrons. The number of nitrogens with zero attached hydrogens (tertiary/aromatic N) is 4. The number of aryl methyl sites for hydroxylation is 2. The maximum absolute atomic E-state index is 12.8. The van der Waals surface area contributed by atoms with Crippen molar-refractivity contribution in [1.29, 1.82) is 0 Å². The Hall–Kier alpha value is -1.70. The molecular formula is C17H19ClN4O2S. The molecule has 1 aliphatic carbocycles. The number of hydrogen-bond acceptors (Lipinski definition) is 5. The van der Waals surface area contributed by atoms with Gasteiger partial charge < -0.3 is 4.90 Å². The Balaban J connectivity index is 1.49. The quantitative estimate of drug-likeness (QED) is 0.818. The molecule has 1 aromatic carbocycles. The fourth-order valence-electron chi connectivity index (χ4n) is 3.42. The Kier molecular flexibility index (Phi) is 4.39. The second kappa shape index (κ2) is 6.55. The first kappa shape index (κ1) is 16.8. The van der Waals surface area contributed by atoms with Gasteiger partial charge in [-0.05, 0) is 43.0 Å². The maximum atomic E-state index is 12.8. The Morgan fingerprint density at radius 3 is 2.52 bits per heavy atom. The van der Waals surface area contributed by atoms with Crippen LogP contribution in [0.15, 0.2) is 35.2 Å². The minimum Gasteiger partial charge on any atom is -0.352 e. The molecule has 0 bridgehead atoms. The number of fused-ring (bicyclic) bond motifs is 1. The van der Waals surface area contributed by atoms with Crippen molar-refractivity contribution in [2.75, 3.05) is 31.1 Å². The molecule has 25 heavy (non-hydrogen) atoms. The van der Waals surface area contributed by atoms with Crippen LogP contribution in [0, 0.1) is 0 Å². The van der Waals surface area contributed by atoms with E-state index in [4.69, 9.17) is 11.6 Å². The molecule has 0 unspecified atom stereocenters. The molecule has 1 aromatic heterocycles. The van der Waals surface area contributed by atoms with Crippen molar-refractivity contribution >= 4 is 27.4 Å². The Labute approximate surface area is 152 Å². The summed E-state index contributed by atoms with van der Waals surface area (Å²) in [6.45, 7) is 2.01. The largest absolute Gasteiger partial charge is 0.352 e. The van der Waals surface area contributed by atoms with Crippen LogP contribution in [0.25, 0.3) is 0 Å². The SMILES string of the molecule is O=S(=O)(c1ccccc1Cl)N1CCN(c2cc3c(nn2)CCC3)CC1. The van der Waals surface area contributed by atoms with E-state index in [2.05, 4.69) is 21.2 Å². The van der Waals surface area contributed by atoms with Crippen molar-refractivity contribution in [3.63, 3.8) is 0 Å². The highest BCUT2D eigenvalue weighted by Gasteiger charge is 2.30. The average Bonchev–Trinajstić information content (AvgIpc) is 3.10. The second-order valence-corrected chi connectivity index (χ2v) is 8.66. The van der Waals surface area contributed by atoms with Crippen molar-refractivity contribution in [3.05, 3.63) is 46.6 Å². The van der Waals surface area contributed by atoms with E-state index in [1.807, 2.05) is 0 Å². The van der Waals surface area contributed by atoms with Crippen LogP contribution in [0.1, 0.15) is 17.7 Å². The summed E-state index contributed by atoms with van der Waals surface area (Å²) in [6, 6.07) is 8.68. The topological polar surface area (TPSA) is 66.4 Å². The summed E-state index contributed by atoms with van der Waals surface area (Å²) in [7, 11) is -3.57. The highest BCUT2D eigenvalue weighted by molar-refractivity contribution is 7.89. The highest BCUT2D eigenvalue weighted by Crippen LogP contribution is 2.27. The zero-order valence-corrected chi connectivity index (χ0v) is 15.3. The molecule has 2 aliphatic rings. The molecule has 2 aromatic rings. The van der Waals surface area contributed by atoms with Crippen molar-refractivity contribution in [2.45, 2.75) is 24.2 Å². The van der Waals surface area contributed by atoms with Crippen molar-refractivity contribution in [3.8, 4) is 0 Å². The van der Waals surface area contributed by atoms with Gasteiger partial charge in [0.15, 0.2) is 5.82 Å². The monoisotopic (exact) mass is 378 g/mol. The summed E-state index contributed by atoms with van der Waals surface area (Å²) < 4.78 is 27.1. The number of anilines is 1. The van der Waals surface area contributed by atoms with Gasteiger partial charge in [-0.3, -0.25) is 0 Å². The first-order valence-corrected chi connectivity index (χ1v) is 10.2. The lowest BCUT2D eigenvalue weighted by Crippen LogP contribution is -2.49. The molecule has 2 heterocycles. The summed E-state index contributed by atoms with van der Waals surface area (Å²) in [5.41, 5.74) is 2.37. The summed E-state index contributed by atoms with van der Waals surface area (Å²) >= 11 is 6.07. The van der Waals surface area contributed by atoms with E-state index in [0.29, 0.717) is 26.2 Å². The molecule has 0 radical (unpaired) electrons. The van der Waals surface area contributed by atoms with Crippen LogP contribution in [-0.2, 0) is 22.9 Å². The standard InChI is InChI=1S/C17H19ClN4O2S/c18-14-5-1-2-7-16(14)25(23,24)22-10-8-21(9-11-22)17-12-13-4-3-6-15(13)19-20-17/h1-2,5,7,12H,3-4,6,8-11H2. The number of aromatic nitrogens is 2. The van der Waals surface area contributed by atoms with Gasteiger partial charge >= 0.3 is 0 Å². The lowest BCUT2D eigenvalue weighted by Gasteiger charge is -2.34. The van der Waals surface area contributed by atoms with Crippen LogP contribution >= 0.6 is 11.6 Å². The van der Waals surface area contributed by atoms with E-state index >= 15 is 0 Å². The molecular weight excluding hydrogens is 360 g/mol. The summed E-state index contributed by atoms with van der Waals surface area (Å²) in [6.07, 6.45) is 3.20. The van der Waals surface area contributed by atoms with Gasteiger partial charge in [-0.15, -0.1) is 5.10 Å². The predicted molar refractivity (Wildman–Crippen MR) is 96.5 cm³/mol. The first-order valence-electron chi connectivity index (χ1n) is 8.41. The Morgan fingerprint density at radius 2 is 1.76 bits per heavy atom. The van der Waals surface area contributed by atoms with Crippen molar-refractivity contribution in [2.24, 2.45) is 0 Å². The third kappa shape index (κ3) is 3.12. The normalized spacial score (nSPS) is 18.4. The molecule has 8 heteroatoms. The van der Waals surface area contributed by atoms with E-state index in [1.54, 1.807) is 24.3 Å². The second-order valence-electron chi connectivity index (χ2n) is 6.35. The summed E-state index contributed by atoms with van der Waals surface area (Å²) in [4.78, 5) is 2.27. The molecule has 0 spiro atoms. The van der Waals surface area contributed by atoms with Crippen LogP contribution in [0.4, 0.5) is 5.82 Å². The number of sulfonamides is 1. The van der Waals surface area contributed by atoms with E-state index in [-0.39, 0.29) is 9.92 Å². The number of hydrogen-bond donors (Lipinski definition) is 0. The molecule has 1 fully saturated rings. The minimum atomic E-state index is -3.57. The van der Waals surface area contributed by atoms with Gasteiger partial charge in [-0.1, -0.05) is 23.7 Å². The lowest BCUT2D eigenvalue weighted by atomic mass is 10.2. The number of halogens is 1. The van der Waals surface area contributed by atoms with Crippen LogP contribution in [0.5, 0.6) is 0 Å². The van der Waals surface area contributed by atoms with Gasteiger partial charge in [0.1, 0.15) is 4.90 Å². The fraction of sp³-hybridized carbons (Fsp3) is 0.412. The smallest absolute Gasteiger partial charge is 0.244 e. The molecule has 0 saturated carbocycles. The van der Waals surface area contributed by atoms with Gasteiger partial charge in [-0.25, -0.2) is 8.42 Å². The minimum absolute atomic E-state index is 0.169. The van der Waals surface area contributed by atoms with E-state index < -0.39 is 10.0 Å². The molecule has 0 N–H and O–H groups in total. The molecule has 0 amide bonds. The van der Waals surface area contributed by atoms with Gasteiger partial charge in [-0.2, -0.15) is 9.40 Å². The zero-order chi connectivity index (χ0) is 17.4.